The van der Waals surface area contributed by atoms with E-state index >= 15 is 0 Å². The molecule has 0 aliphatic carbocycles. The van der Waals surface area contributed by atoms with E-state index in [0.29, 0.717) is 6.54 Å². The van der Waals surface area contributed by atoms with Crippen molar-refractivity contribution in [2.24, 2.45) is 4.99 Å². The summed E-state index contributed by atoms with van der Waals surface area (Å²) in [5, 5.41) is 16.8. The fourth-order valence-corrected chi connectivity index (χ4v) is 2.88. The number of aromatic nitrogens is 3. The van der Waals surface area contributed by atoms with Crippen LogP contribution in [0.4, 0.5) is 0 Å². The van der Waals surface area contributed by atoms with Crippen molar-refractivity contribution in [3.63, 3.8) is 0 Å². The molecule has 120 valence electrons. The zero-order valence-corrected chi connectivity index (χ0v) is 14.2. The van der Waals surface area contributed by atoms with E-state index in [0.717, 1.165) is 31.3 Å². The molecule has 2 heterocycles. The van der Waals surface area contributed by atoms with Gasteiger partial charge in [-0.1, -0.05) is 13.0 Å². The molecule has 0 fully saturated rings. The van der Waals surface area contributed by atoms with Gasteiger partial charge in [0.05, 0.1) is 12.6 Å². The third kappa shape index (κ3) is 4.56. The number of nitrogens with one attached hydrogen (secondary N) is 2. The summed E-state index contributed by atoms with van der Waals surface area (Å²) in [6.45, 7) is 8.63. The highest BCUT2D eigenvalue weighted by Crippen LogP contribution is 2.17. The Bertz CT molecular complexity index is 575. The molecule has 6 nitrogen and oxygen atoms in total. The SMILES string of the molecule is CCNC(=NCCn1cnnc1CC)NC(C)c1cccs1. The topological polar surface area (TPSA) is 67.1 Å². The van der Waals surface area contributed by atoms with Crippen molar-refractivity contribution in [1.29, 1.82) is 0 Å². The molecule has 2 aromatic heterocycles. The first kappa shape index (κ1) is 16.5. The molecule has 0 saturated carbocycles. The van der Waals surface area contributed by atoms with E-state index in [9.17, 15) is 0 Å². The molecule has 0 spiro atoms. The normalized spacial score (nSPS) is 13.1. The van der Waals surface area contributed by atoms with Gasteiger partial charge in [-0.15, -0.1) is 21.5 Å². The van der Waals surface area contributed by atoms with Gasteiger partial charge in [-0.2, -0.15) is 0 Å². The largest absolute Gasteiger partial charge is 0.357 e. The highest BCUT2D eigenvalue weighted by Gasteiger charge is 2.08. The van der Waals surface area contributed by atoms with Crippen LogP contribution < -0.4 is 10.6 Å². The second kappa shape index (κ2) is 8.53. The number of rotatable bonds is 7. The number of thiophene rings is 1. The predicted molar refractivity (Wildman–Crippen MR) is 91.2 cm³/mol. The molecule has 7 heteroatoms. The summed E-state index contributed by atoms with van der Waals surface area (Å²) in [5.41, 5.74) is 0. The second-order valence-corrected chi connectivity index (χ2v) is 5.92. The van der Waals surface area contributed by atoms with E-state index < -0.39 is 0 Å². The Morgan fingerprint density at radius 1 is 1.45 bits per heavy atom. The standard InChI is InChI=1S/C15H24N6S/c1-4-14-20-18-11-21(14)9-8-17-15(16-5-2)19-12(3)13-7-6-10-22-13/h6-7,10-12H,4-5,8-9H2,1-3H3,(H2,16,17,19). The molecule has 1 atom stereocenters. The van der Waals surface area contributed by atoms with Crippen LogP contribution in [0.5, 0.6) is 0 Å². The predicted octanol–water partition coefficient (Wildman–Crippen LogP) is 2.22. The summed E-state index contributed by atoms with van der Waals surface area (Å²) >= 11 is 1.75. The van der Waals surface area contributed by atoms with Crippen LogP contribution in [-0.2, 0) is 13.0 Å². The van der Waals surface area contributed by atoms with E-state index in [-0.39, 0.29) is 6.04 Å². The van der Waals surface area contributed by atoms with Gasteiger partial charge in [0.2, 0.25) is 0 Å². The maximum absolute atomic E-state index is 4.64. The van der Waals surface area contributed by atoms with Crippen LogP contribution in [0.2, 0.25) is 0 Å². The number of hydrogen-bond acceptors (Lipinski definition) is 4. The van der Waals surface area contributed by atoms with E-state index in [1.54, 1.807) is 17.7 Å². The summed E-state index contributed by atoms with van der Waals surface area (Å²) in [5.74, 6) is 1.84. The van der Waals surface area contributed by atoms with E-state index in [2.05, 4.69) is 68.7 Å². The van der Waals surface area contributed by atoms with Gasteiger partial charge in [-0.25, -0.2) is 0 Å². The van der Waals surface area contributed by atoms with E-state index in [4.69, 9.17) is 0 Å². The summed E-state index contributed by atoms with van der Waals surface area (Å²) in [6, 6.07) is 4.45. The smallest absolute Gasteiger partial charge is 0.191 e. The fraction of sp³-hybridized carbons (Fsp3) is 0.533. The maximum atomic E-state index is 4.64. The van der Waals surface area contributed by atoms with Crippen molar-refractivity contribution >= 4 is 17.3 Å². The lowest BCUT2D eigenvalue weighted by molar-refractivity contribution is 0.652. The van der Waals surface area contributed by atoms with Gasteiger partial charge in [-0.05, 0) is 25.3 Å². The molecule has 0 aromatic carbocycles. The molecule has 0 aliphatic rings. The minimum atomic E-state index is 0.249. The Morgan fingerprint density at radius 3 is 3.00 bits per heavy atom. The first-order valence-electron chi connectivity index (χ1n) is 7.69. The third-order valence-electron chi connectivity index (χ3n) is 3.29. The van der Waals surface area contributed by atoms with Crippen LogP contribution in [0.3, 0.4) is 0 Å². The lowest BCUT2D eigenvalue weighted by Crippen LogP contribution is -2.38. The molecule has 0 amide bonds. The van der Waals surface area contributed by atoms with Crippen molar-refractivity contribution in [3.8, 4) is 0 Å². The Morgan fingerprint density at radius 2 is 2.32 bits per heavy atom. The monoisotopic (exact) mass is 320 g/mol. The molecule has 0 bridgehead atoms. The average Bonchev–Trinajstić information content (AvgIpc) is 3.18. The highest BCUT2D eigenvalue weighted by molar-refractivity contribution is 7.10. The molecule has 0 radical (unpaired) electrons. The molecule has 1 unspecified atom stereocenters. The van der Waals surface area contributed by atoms with Crippen LogP contribution in [0, 0.1) is 0 Å². The van der Waals surface area contributed by atoms with Crippen molar-refractivity contribution in [1.82, 2.24) is 25.4 Å². The Hall–Kier alpha value is -1.89. The van der Waals surface area contributed by atoms with E-state index in [1.807, 2.05) is 0 Å². The minimum absolute atomic E-state index is 0.249. The first-order chi connectivity index (χ1) is 10.7. The lowest BCUT2D eigenvalue weighted by atomic mass is 10.3. The van der Waals surface area contributed by atoms with Crippen LogP contribution in [0.15, 0.2) is 28.8 Å². The van der Waals surface area contributed by atoms with Crippen molar-refractivity contribution in [2.45, 2.75) is 39.8 Å². The highest BCUT2D eigenvalue weighted by atomic mass is 32.1. The molecule has 22 heavy (non-hydrogen) atoms. The van der Waals surface area contributed by atoms with Crippen LogP contribution in [0.25, 0.3) is 0 Å². The van der Waals surface area contributed by atoms with Gasteiger partial charge in [-0.3, -0.25) is 4.99 Å². The minimum Gasteiger partial charge on any atom is -0.357 e. The Balaban J connectivity index is 1.92. The van der Waals surface area contributed by atoms with Gasteiger partial charge in [0, 0.05) is 24.4 Å². The van der Waals surface area contributed by atoms with Gasteiger partial charge >= 0.3 is 0 Å². The quantitative estimate of drug-likeness (QED) is 0.606. The van der Waals surface area contributed by atoms with Crippen molar-refractivity contribution in [3.05, 3.63) is 34.5 Å². The number of aryl methyl sites for hydroxylation is 1. The Kier molecular flexibility index (Phi) is 6.39. The average molecular weight is 320 g/mol. The number of hydrogen-bond donors (Lipinski definition) is 2. The molecule has 2 aromatic rings. The van der Waals surface area contributed by atoms with Gasteiger partial charge < -0.3 is 15.2 Å². The van der Waals surface area contributed by atoms with Crippen LogP contribution >= 0.6 is 11.3 Å². The van der Waals surface area contributed by atoms with Crippen molar-refractivity contribution in [2.75, 3.05) is 13.1 Å². The van der Waals surface area contributed by atoms with Crippen LogP contribution in [-0.4, -0.2) is 33.8 Å². The van der Waals surface area contributed by atoms with Gasteiger partial charge in [0.25, 0.3) is 0 Å². The summed E-state index contributed by atoms with van der Waals surface area (Å²) in [7, 11) is 0. The molecular formula is C15H24N6S. The summed E-state index contributed by atoms with van der Waals surface area (Å²) < 4.78 is 2.05. The molecule has 0 saturated heterocycles. The molecule has 0 aliphatic heterocycles. The van der Waals surface area contributed by atoms with Gasteiger partial charge in [0.1, 0.15) is 12.2 Å². The number of aliphatic imine (C=N–C) groups is 1. The Labute approximate surface area is 135 Å². The molecule has 2 rings (SSSR count). The van der Waals surface area contributed by atoms with Crippen LogP contribution in [0.1, 0.15) is 37.5 Å². The maximum Gasteiger partial charge on any atom is 0.191 e. The second-order valence-electron chi connectivity index (χ2n) is 4.94. The first-order valence-corrected chi connectivity index (χ1v) is 8.57. The number of nitrogens with zero attached hydrogens (tertiary/aromatic N) is 4. The van der Waals surface area contributed by atoms with E-state index in [1.165, 1.54) is 4.88 Å². The lowest BCUT2D eigenvalue weighted by Gasteiger charge is -2.16. The van der Waals surface area contributed by atoms with Crippen molar-refractivity contribution < 1.29 is 0 Å². The van der Waals surface area contributed by atoms with Gasteiger partial charge in [0.15, 0.2) is 5.96 Å². The molecular weight excluding hydrogens is 296 g/mol. The zero-order chi connectivity index (χ0) is 15.8. The fourth-order valence-electron chi connectivity index (χ4n) is 2.14. The number of guanidine groups is 1. The summed E-state index contributed by atoms with van der Waals surface area (Å²) in [4.78, 5) is 5.94. The summed E-state index contributed by atoms with van der Waals surface area (Å²) in [6.07, 6.45) is 2.65. The zero-order valence-electron chi connectivity index (χ0n) is 13.4. The molecule has 2 N–H and O–H groups in total. The third-order valence-corrected chi connectivity index (χ3v) is 4.35.